The van der Waals surface area contributed by atoms with Crippen LogP contribution in [0.4, 0.5) is 5.69 Å². The Morgan fingerprint density at radius 1 is 1.43 bits per heavy atom. The summed E-state index contributed by atoms with van der Waals surface area (Å²) in [5.74, 6) is 0.0218. The van der Waals surface area contributed by atoms with Crippen molar-refractivity contribution in [2.24, 2.45) is 0 Å². The average molecular weight is 193 g/mol. The number of ether oxygens (including phenoxy) is 1. The van der Waals surface area contributed by atoms with Gasteiger partial charge < -0.3 is 9.64 Å². The summed E-state index contributed by atoms with van der Waals surface area (Å²) in [6.07, 6.45) is 0. The van der Waals surface area contributed by atoms with Crippen molar-refractivity contribution in [2.45, 2.75) is 13.5 Å². The zero-order valence-corrected chi connectivity index (χ0v) is 8.78. The van der Waals surface area contributed by atoms with Crippen LogP contribution in [0.15, 0.2) is 24.3 Å². The minimum absolute atomic E-state index is 0.0218. The maximum Gasteiger partial charge on any atom is 0.223 e. The molecule has 0 saturated heterocycles. The Morgan fingerprint density at radius 2 is 2.07 bits per heavy atom. The topological polar surface area (TPSA) is 29.5 Å². The van der Waals surface area contributed by atoms with Crippen molar-refractivity contribution in [1.29, 1.82) is 0 Å². The van der Waals surface area contributed by atoms with Gasteiger partial charge in [-0.25, -0.2) is 0 Å². The fourth-order valence-electron chi connectivity index (χ4n) is 1.29. The number of amides is 1. The van der Waals surface area contributed by atoms with E-state index in [9.17, 15) is 4.79 Å². The molecular formula is C11H15NO2. The smallest absolute Gasteiger partial charge is 0.223 e. The molecular weight excluding hydrogens is 178 g/mol. The van der Waals surface area contributed by atoms with Gasteiger partial charge in [0.2, 0.25) is 5.91 Å². The van der Waals surface area contributed by atoms with Gasteiger partial charge in [0.1, 0.15) is 0 Å². The highest BCUT2D eigenvalue weighted by Gasteiger charge is 2.09. The molecule has 76 valence electrons. The van der Waals surface area contributed by atoms with Gasteiger partial charge in [-0.1, -0.05) is 18.2 Å². The van der Waals surface area contributed by atoms with Crippen molar-refractivity contribution < 1.29 is 9.53 Å². The van der Waals surface area contributed by atoms with Crippen LogP contribution in [0.25, 0.3) is 0 Å². The van der Waals surface area contributed by atoms with E-state index < -0.39 is 0 Å². The second-order valence-electron chi connectivity index (χ2n) is 3.14. The monoisotopic (exact) mass is 193 g/mol. The number of rotatable bonds is 3. The molecule has 3 nitrogen and oxygen atoms in total. The molecule has 0 aliphatic rings. The first kappa shape index (κ1) is 10.7. The van der Waals surface area contributed by atoms with Gasteiger partial charge in [0, 0.05) is 32.3 Å². The number of carbonyl (C=O) groups excluding carboxylic acids is 1. The van der Waals surface area contributed by atoms with E-state index in [1.807, 2.05) is 24.3 Å². The predicted molar refractivity (Wildman–Crippen MR) is 56.2 cm³/mol. The lowest BCUT2D eigenvalue weighted by Gasteiger charge is -2.18. The molecule has 0 bridgehead atoms. The number of hydrogen-bond acceptors (Lipinski definition) is 2. The van der Waals surface area contributed by atoms with Crippen LogP contribution in [-0.2, 0) is 16.1 Å². The molecule has 0 saturated carbocycles. The van der Waals surface area contributed by atoms with Crippen molar-refractivity contribution in [3.05, 3.63) is 29.8 Å². The lowest BCUT2D eigenvalue weighted by atomic mass is 10.1. The maximum absolute atomic E-state index is 11.2. The molecule has 1 rings (SSSR count). The second-order valence-corrected chi connectivity index (χ2v) is 3.14. The summed E-state index contributed by atoms with van der Waals surface area (Å²) < 4.78 is 5.06. The first-order valence-electron chi connectivity index (χ1n) is 4.48. The molecule has 1 aromatic carbocycles. The highest BCUT2D eigenvalue weighted by atomic mass is 16.5. The van der Waals surface area contributed by atoms with Gasteiger partial charge in [-0.15, -0.1) is 0 Å². The van der Waals surface area contributed by atoms with Gasteiger partial charge in [-0.2, -0.15) is 0 Å². The largest absolute Gasteiger partial charge is 0.380 e. The molecule has 0 unspecified atom stereocenters. The average Bonchev–Trinajstić information content (AvgIpc) is 2.18. The molecule has 0 heterocycles. The zero-order valence-electron chi connectivity index (χ0n) is 8.78. The van der Waals surface area contributed by atoms with E-state index in [0.717, 1.165) is 11.3 Å². The number of benzene rings is 1. The zero-order chi connectivity index (χ0) is 10.6. The van der Waals surface area contributed by atoms with E-state index in [4.69, 9.17) is 4.74 Å². The Hall–Kier alpha value is -1.35. The molecule has 0 atom stereocenters. The summed E-state index contributed by atoms with van der Waals surface area (Å²) in [7, 11) is 3.40. The molecule has 1 amide bonds. The third-order valence-electron chi connectivity index (χ3n) is 2.13. The van der Waals surface area contributed by atoms with E-state index in [1.54, 1.807) is 26.0 Å². The van der Waals surface area contributed by atoms with Crippen LogP contribution in [0.2, 0.25) is 0 Å². The summed E-state index contributed by atoms with van der Waals surface area (Å²) in [5, 5.41) is 0. The standard InChI is InChI=1S/C11H15NO2/c1-9(13)12(2)11-7-5-4-6-10(11)8-14-3/h4-7H,8H2,1-3H3. The summed E-state index contributed by atoms with van der Waals surface area (Å²) in [4.78, 5) is 12.8. The van der Waals surface area contributed by atoms with Crippen molar-refractivity contribution in [3.8, 4) is 0 Å². The summed E-state index contributed by atoms with van der Waals surface area (Å²) in [5.41, 5.74) is 1.93. The van der Waals surface area contributed by atoms with E-state index in [2.05, 4.69) is 0 Å². The second kappa shape index (κ2) is 4.77. The van der Waals surface area contributed by atoms with Crippen molar-refractivity contribution in [1.82, 2.24) is 0 Å². The summed E-state index contributed by atoms with van der Waals surface area (Å²) >= 11 is 0. The molecule has 0 N–H and O–H groups in total. The van der Waals surface area contributed by atoms with Crippen molar-refractivity contribution in [2.75, 3.05) is 19.1 Å². The van der Waals surface area contributed by atoms with Crippen molar-refractivity contribution in [3.63, 3.8) is 0 Å². The molecule has 0 aliphatic heterocycles. The normalized spacial score (nSPS) is 9.93. The highest BCUT2D eigenvalue weighted by molar-refractivity contribution is 5.91. The third-order valence-corrected chi connectivity index (χ3v) is 2.13. The Bertz CT molecular complexity index is 323. The third kappa shape index (κ3) is 2.33. The maximum atomic E-state index is 11.2. The van der Waals surface area contributed by atoms with E-state index in [1.165, 1.54) is 0 Å². The minimum Gasteiger partial charge on any atom is -0.380 e. The Labute approximate surface area is 84.3 Å². The van der Waals surface area contributed by atoms with Gasteiger partial charge >= 0.3 is 0 Å². The molecule has 14 heavy (non-hydrogen) atoms. The van der Waals surface area contributed by atoms with E-state index in [-0.39, 0.29) is 5.91 Å². The predicted octanol–water partition coefficient (Wildman–Crippen LogP) is 1.82. The molecule has 1 aromatic rings. The lowest BCUT2D eigenvalue weighted by molar-refractivity contribution is -0.116. The first-order chi connectivity index (χ1) is 6.66. The molecule has 0 aliphatic carbocycles. The van der Waals surface area contributed by atoms with Gasteiger partial charge in [0.15, 0.2) is 0 Å². The number of anilines is 1. The van der Waals surface area contributed by atoms with E-state index in [0.29, 0.717) is 6.61 Å². The molecule has 0 radical (unpaired) electrons. The van der Waals surface area contributed by atoms with Crippen LogP contribution < -0.4 is 4.90 Å². The van der Waals surface area contributed by atoms with Crippen LogP contribution in [0, 0.1) is 0 Å². The van der Waals surface area contributed by atoms with Crippen LogP contribution >= 0.6 is 0 Å². The quantitative estimate of drug-likeness (QED) is 0.732. The molecule has 3 heteroatoms. The van der Waals surface area contributed by atoms with Crippen LogP contribution in [0.1, 0.15) is 12.5 Å². The fourth-order valence-corrected chi connectivity index (χ4v) is 1.29. The van der Waals surface area contributed by atoms with Gasteiger partial charge in [-0.05, 0) is 6.07 Å². The number of carbonyl (C=O) groups is 1. The lowest BCUT2D eigenvalue weighted by Crippen LogP contribution is -2.24. The molecule has 0 aromatic heterocycles. The molecule has 0 fully saturated rings. The summed E-state index contributed by atoms with van der Waals surface area (Å²) in [6.45, 7) is 2.07. The minimum atomic E-state index is 0.0218. The SMILES string of the molecule is COCc1ccccc1N(C)C(C)=O. The van der Waals surface area contributed by atoms with E-state index >= 15 is 0 Å². The molecule has 0 spiro atoms. The number of hydrogen-bond donors (Lipinski definition) is 0. The summed E-state index contributed by atoms with van der Waals surface area (Å²) in [6, 6.07) is 7.72. The fraction of sp³-hybridized carbons (Fsp3) is 0.364. The Morgan fingerprint density at radius 3 is 2.64 bits per heavy atom. The van der Waals surface area contributed by atoms with Gasteiger partial charge in [0.05, 0.1) is 6.61 Å². The van der Waals surface area contributed by atoms with Crippen LogP contribution in [0.5, 0.6) is 0 Å². The Balaban J connectivity index is 3.00. The van der Waals surface area contributed by atoms with Crippen molar-refractivity contribution >= 4 is 11.6 Å². The van der Waals surface area contributed by atoms with Crippen LogP contribution in [0.3, 0.4) is 0 Å². The number of methoxy groups -OCH3 is 1. The first-order valence-corrected chi connectivity index (χ1v) is 4.48. The highest BCUT2D eigenvalue weighted by Crippen LogP contribution is 2.19. The number of nitrogens with zero attached hydrogens (tertiary/aromatic N) is 1. The van der Waals surface area contributed by atoms with Crippen LogP contribution in [-0.4, -0.2) is 20.1 Å². The van der Waals surface area contributed by atoms with Gasteiger partial charge in [-0.3, -0.25) is 4.79 Å². The Kier molecular flexibility index (Phi) is 3.65. The number of para-hydroxylation sites is 1. The van der Waals surface area contributed by atoms with Gasteiger partial charge in [0.25, 0.3) is 0 Å².